The number of benzene rings is 1. The number of aromatic nitrogens is 5. The van der Waals surface area contributed by atoms with Crippen molar-refractivity contribution < 1.29 is 4.74 Å². The van der Waals surface area contributed by atoms with E-state index in [9.17, 15) is 0 Å². The van der Waals surface area contributed by atoms with Gasteiger partial charge < -0.3 is 15.0 Å². The van der Waals surface area contributed by atoms with Crippen LogP contribution in [0.4, 0.5) is 0 Å². The van der Waals surface area contributed by atoms with Crippen LogP contribution in [0.2, 0.25) is 0 Å². The van der Waals surface area contributed by atoms with E-state index in [1.165, 1.54) is 16.4 Å². The van der Waals surface area contributed by atoms with Crippen molar-refractivity contribution in [2.75, 3.05) is 5.84 Å². The summed E-state index contributed by atoms with van der Waals surface area (Å²) in [5.41, 5.74) is 4.05. The number of fused-ring (bicyclic) bond motifs is 1. The molecule has 0 saturated carbocycles. The van der Waals surface area contributed by atoms with Crippen molar-refractivity contribution in [3.63, 3.8) is 0 Å². The second kappa shape index (κ2) is 7.32. The van der Waals surface area contributed by atoms with Crippen LogP contribution in [-0.4, -0.2) is 24.3 Å². The van der Waals surface area contributed by atoms with Crippen LogP contribution in [0.5, 0.6) is 5.75 Å². The highest BCUT2D eigenvalue weighted by atomic mass is 32.2. The van der Waals surface area contributed by atoms with E-state index in [0.717, 1.165) is 28.2 Å². The van der Waals surface area contributed by atoms with Gasteiger partial charge in [0, 0.05) is 18.1 Å². The number of para-hydroxylation sites is 1. The molecule has 0 aliphatic rings. The van der Waals surface area contributed by atoms with E-state index in [2.05, 4.69) is 15.2 Å². The number of nitrogens with two attached hydrogens (primary N) is 1. The van der Waals surface area contributed by atoms with Gasteiger partial charge in [0.15, 0.2) is 5.82 Å². The molecule has 0 fully saturated rings. The SMILES string of the molecule is Cc1cccc(C)c1OCc1nnc(SCc2cn3ccccc3n2)n1N. The number of thioether (sulfide) groups is 1. The van der Waals surface area contributed by atoms with Crippen LogP contribution in [0.25, 0.3) is 5.65 Å². The number of nitrogens with zero attached hydrogens (tertiary/aromatic N) is 5. The molecule has 4 aromatic rings. The Morgan fingerprint density at radius 3 is 2.67 bits per heavy atom. The van der Waals surface area contributed by atoms with Gasteiger partial charge in [0.2, 0.25) is 5.16 Å². The summed E-state index contributed by atoms with van der Waals surface area (Å²) in [7, 11) is 0. The van der Waals surface area contributed by atoms with Crippen LogP contribution in [-0.2, 0) is 12.4 Å². The maximum absolute atomic E-state index is 6.15. The fraction of sp³-hybridized carbons (Fsp3) is 0.211. The van der Waals surface area contributed by atoms with Gasteiger partial charge in [0.05, 0.1) is 5.69 Å². The van der Waals surface area contributed by atoms with Gasteiger partial charge in [-0.2, -0.15) is 0 Å². The summed E-state index contributed by atoms with van der Waals surface area (Å²) < 4.78 is 9.40. The van der Waals surface area contributed by atoms with E-state index in [-0.39, 0.29) is 6.61 Å². The van der Waals surface area contributed by atoms with Crippen LogP contribution >= 0.6 is 11.8 Å². The van der Waals surface area contributed by atoms with Crippen LogP contribution < -0.4 is 10.6 Å². The molecule has 2 N–H and O–H groups in total. The first-order valence-electron chi connectivity index (χ1n) is 8.55. The highest BCUT2D eigenvalue weighted by molar-refractivity contribution is 7.98. The zero-order valence-corrected chi connectivity index (χ0v) is 16.0. The number of imidazole rings is 1. The van der Waals surface area contributed by atoms with Crippen molar-refractivity contribution in [1.29, 1.82) is 0 Å². The molecule has 0 saturated heterocycles. The highest BCUT2D eigenvalue weighted by Crippen LogP contribution is 2.24. The number of hydrogen-bond acceptors (Lipinski definition) is 6. The second-order valence-electron chi connectivity index (χ2n) is 6.27. The third-order valence-corrected chi connectivity index (χ3v) is 5.23. The Balaban J connectivity index is 1.42. The first-order valence-corrected chi connectivity index (χ1v) is 9.54. The van der Waals surface area contributed by atoms with Crippen molar-refractivity contribution in [2.45, 2.75) is 31.4 Å². The first-order chi connectivity index (χ1) is 13.1. The summed E-state index contributed by atoms with van der Waals surface area (Å²) >= 11 is 1.50. The van der Waals surface area contributed by atoms with Crippen molar-refractivity contribution in [3.8, 4) is 5.75 Å². The van der Waals surface area contributed by atoms with Crippen LogP contribution in [0.15, 0.2) is 53.9 Å². The minimum Gasteiger partial charge on any atom is -0.485 e. The number of rotatable bonds is 6. The van der Waals surface area contributed by atoms with E-state index in [0.29, 0.717) is 16.7 Å². The lowest BCUT2D eigenvalue weighted by Crippen LogP contribution is -2.16. The lowest BCUT2D eigenvalue weighted by atomic mass is 10.1. The Morgan fingerprint density at radius 1 is 1.07 bits per heavy atom. The zero-order chi connectivity index (χ0) is 18.8. The fourth-order valence-corrected chi connectivity index (χ4v) is 3.62. The van der Waals surface area contributed by atoms with Gasteiger partial charge in [-0.15, -0.1) is 10.2 Å². The standard InChI is InChI=1S/C19H20N6OS/c1-13-6-5-7-14(2)18(13)26-11-17-22-23-19(25(17)20)27-12-15-10-24-9-4-3-8-16(24)21-15/h3-10H,11-12,20H2,1-2H3. The Hall–Kier alpha value is -3.00. The van der Waals surface area contributed by atoms with E-state index in [1.54, 1.807) is 0 Å². The van der Waals surface area contributed by atoms with Gasteiger partial charge >= 0.3 is 0 Å². The predicted octanol–water partition coefficient (Wildman–Crippen LogP) is 3.13. The number of ether oxygens (including phenoxy) is 1. The Kier molecular flexibility index (Phi) is 4.72. The molecule has 8 heteroatoms. The summed E-state index contributed by atoms with van der Waals surface area (Å²) in [5, 5.41) is 8.97. The first kappa shape index (κ1) is 17.4. The number of aryl methyl sites for hydroxylation is 2. The maximum atomic E-state index is 6.15. The van der Waals surface area contributed by atoms with E-state index in [1.807, 2.05) is 67.0 Å². The van der Waals surface area contributed by atoms with Gasteiger partial charge in [-0.05, 0) is 37.1 Å². The van der Waals surface area contributed by atoms with Crippen LogP contribution in [0, 0.1) is 13.8 Å². The lowest BCUT2D eigenvalue weighted by molar-refractivity contribution is 0.288. The second-order valence-corrected chi connectivity index (χ2v) is 7.21. The summed E-state index contributed by atoms with van der Waals surface area (Å²) in [6.45, 7) is 4.31. The molecular formula is C19H20N6OS. The van der Waals surface area contributed by atoms with Crippen molar-refractivity contribution in [2.24, 2.45) is 0 Å². The van der Waals surface area contributed by atoms with Crippen molar-refractivity contribution >= 4 is 17.4 Å². The molecule has 0 bridgehead atoms. The predicted molar refractivity (Wildman–Crippen MR) is 105 cm³/mol. The van der Waals surface area contributed by atoms with Gasteiger partial charge in [0.25, 0.3) is 0 Å². The molecule has 138 valence electrons. The Morgan fingerprint density at radius 2 is 1.89 bits per heavy atom. The molecule has 27 heavy (non-hydrogen) atoms. The zero-order valence-electron chi connectivity index (χ0n) is 15.2. The van der Waals surface area contributed by atoms with Crippen molar-refractivity contribution in [1.82, 2.24) is 24.3 Å². The molecular weight excluding hydrogens is 360 g/mol. The third kappa shape index (κ3) is 3.61. The van der Waals surface area contributed by atoms with Crippen molar-refractivity contribution in [3.05, 3.63) is 71.4 Å². The quantitative estimate of drug-likeness (QED) is 0.409. The molecule has 3 heterocycles. The average molecular weight is 380 g/mol. The topological polar surface area (TPSA) is 83.3 Å². The average Bonchev–Trinajstić information content (AvgIpc) is 3.23. The van der Waals surface area contributed by atoms with Gasteiger partial charge in [-0.25, -0.2) is 9.66 Å². The summed E-state index contributed by atoms with van der Waals surface area (Å²) in [4.78, 5) is 4.58. The molecule has 0 amide bonds. The number of nitrogen functional groups attached to an aromatic ring is 1. The molecule has 0 unspecified atom stereocenters. The molecule has 7 nitrogen and oxygen atoms in total. The molecule has 0 spiro atoms. The van der Waals surface area contributed by atoms with E-state index < -0.39 is 0 Å². The smallest absolute Gasteiger partial charge is 0.210 e. The fourth-order valence-electron chi connectivity index (χ4n) is 2.86. The molecule has 3 aromatic heterocycles. The molecule has 0 radical (unpaired) electrons. The molecule has 1 aromatic carbocycles. The molecule has 0 atom stereocenters. The summed E-state index contributed by atoms with van der Waals surface area (Å²) in [5.74, 6) is 8.25. The van der Waals surface area contributed by atoms with Gasteiger partial charge in [-0.1, -0.05) is 36.0 Å². The van der Waals surface area contributed by atoms with Crippen LogP contribution in [0.3, 0.4) is 0 Å². The van der Waals surface area contributed by atoms with Gasteiger partial charge in [-0.3, -0.25) is 0 Å². The van der Waals surface area contributed by atoms with E-state index >= 15 is 0 Å². The highest BCUT2D eigenvalue weighted by Gasteiger charge is 2.13. The lowest BCUT2D eigenvalue weighted by Gasteiger charge is -2.11. The number of pyridine rings is 1. The molecule has 0 aliphatic carbocycles. The summed E-state index contributed by atoms with van der Waals surface area (Å²) in [6, 6.07) is 12.0. The third-order valence-electron chi connectivity index (χ3n) is 4.25. The minimum atomic E-state index is 0.268. The Labute approximate surface area is 161 Å². The molecule has 4 rings (SSSR count). The van der Waals surface area contributed by atoms with Crippen LogP contribution in [0.1, 0.15) is 22.6 Å². The summed E-state index contributed by atoms with van der Waals surface area (Å²) in [6.07, 6.45) is 3.98. The minimum absolute atomic E-state index is 0.268. The maximum Gasteiger partial charge on any atom is 0.210 e. The Bertz CT molecular complexity index is 1030. The molecule has 0 aliphatic heterocycles. The van der Waals surface area contributed by atoms with E-state index in [4.69, 9.17) is 10.6 Å². The largest absolute Gasteiger partial charge is 0.485 e. The monoisotopic (exact) mass is 380 g/mol. The van der Waals surface area contributed by atoms with Gasteiger partial charge in [0.1, 0.15) is 18.0 Å². The normalized spacial score (nSPS) is 11.2. The number of hydrogen-bond donors (Lipinski definition) is 1.